The third-order valence-electron chi connectivity index (χ3n) is 4.35. The Labute approximate surface area is 155 Å². The summed E-state index contributed by atoms with van der Waals surface area (Å²) in [5.41, 5.74) is 0. The number of aliphatic hydroxyl groups excluding tert-OH is 4. The van der Waals surface area contributed by atoms with Crippen LogP contribution in [0.3, 0.4) is 0 Å². The molecule has 0 radical (unpaired) electrons. The molecule has 0 saturated heterocycles. The van der Waals surface area contributed by atoms with Crippen molar-refractivity contribution < 1.29 is 35.1 Å². The van der Waals surface area contributed by atoms with E-state index in [0.29, 0.717) is 6.54 Å². The predicted molar refractivity (Wildman–Crippen MR) is 96.5 cm³/mol. The van der Waals surface area contributed by atoms with Crippen LogP contribution in [-0.4, -0.2) is 68.4 Å². The monoisotopic (exact) mass is 377 g/mol. The molecule has 0 heterocycles. The van der Waals surface area contributed by atoms with Gasteiger partial charge in [-0.05, 0) is 6.42 Å². The number of nitrogens with one attached hydrogen (secondary N) is 1. The Balaban J connectivity index is 3.76. The molecule has 0 aliphatic heterocycles. The Morgan fingerprint density at radius 3 is 1.62 bits per heavy atom. The lowest BCUT2D eigenvalue weighted by atomic mass is 10.0. The van der Waals surface area contributed by atoms with E-state index in [-0.39, 0.29) is 0 Å². The summed E-state index contributed by atoms with van der Waals surface area (Å²) >= 11 is 0. The molecule has 0 bridgehead atoms. The summed E-state index contributed by atoms with van der Waals surface area (Å²) in [6, 6.07) is 0. The van der Waals surface area contributed by atoms with Crippen molar-refractivity contribution in [3.63, 3.8) is 0 Å². The lowest BCUT2D eigenvalue weighted by Crippen LogP contribution is -2.52. The van der Waals surface area contributed by atoms with Crippen molar-refractivity contribution in [1.29, 1.82) is 0 Å². The van der Waals surface area contributed by atoms with Crippen molar-refractivity contribution in [2.24, 2.45) is 0 Å². The Morgan fingerprint density at radius 2 is 1.15 bits per heavy atom. The van der Waals surface area contributed by atoms with Crippen molar-refractivity contribution in [2.45, 2.75) is 95.5 Å². The van der Waals surface area contributed by atoms with Crippen LogP contribution in [0.4, 0.5) is 0 Å². The van der Waals surface area contributed by atoms with E-state index in [1.54, 1.807) is 0 Å². The minimum atomic E-state index is -2.28. The van der Waals surface area contributed by atoms with E-state index < -0.39 is 36.3 Å². The number of rotatable bonds is 16. The molecular formula is C18H35NO7. The number of unbranched alkanes of at least 4 members (excludes halogenated alkanes) is 9. The van der Waals surface area contributed by atoms with Gasteiger partial charge in [-0.3, -0.25) is 4.79 Å². The topological polar surface area (TPSA) is 147 Å². The second kappa shape index (κ2) is 14.9. The fourth-order valence-corrected chi connectivity index (χ4v) is 2.60. The van der Waals surface area contributed by atoms with Crippen LogP contribution in [0.1, 0.15) is 71.1 Å². The normalized spacial score (nSPS) is 15.9. The van der Waals surface area contributed by atoms with Crippen LogP contribution in [0.25, 0.3) is 0 Å². The average Bonchev–Trinajstić information content (AvgIpc) is 2.63. The summed E-state index contributed by atoms with van der Waals surface area (Å²) in [5.74, 6) is -2.67. The first-order valence-corrected chi connectivity index (χ1v) is 9.55. The average molecular weight is 377 g/mol. The highest BCUT2D eigenvalue weighted by Crippen LogP contribution is 2.10. The van der Waals surface area contributed by atoms with Gasteiger partial charge in [0.15, 0.2) is 12.2 Å². The molecule has 0 spiro atoms. The molecule has 8 heteroatoms. The maximum absolute atomic E-state index is 11.7. The molecule has 0 aromatic rings. The lowest BCUT2D eigenvalue weighted by molar-refractivity contribution is -0.166. The summed E-state index contributed by atoms with van der Waals surface area (Å²) in [4.78, 5) is 22.2. The molecule has 0 aromatic heterocycles. The minimum absolute atomic E-state index is 0.316. The van der Waals surface area contributed by atoms with E-state index in [9.17, 15) is 24.9 Å². The summed E-state index contributed by atoms with van der Waals surface area (Å²) in [6.07, 6.45) is 2.94. The maximum Gasteiger partial charge on any atom is 0.335 e. The second-order valence-corrected chi connectivity index (χ2v) is 6.68. The van der Waals surface area contributed by atoms with Gasteiger partial charge in [-0.15, -0.1) is 0 Å². The fourth-order valence-electron chi connectivity index (χ4n) is 2.60. The zero-order chi connectivity index (χ0) is 19.9. The minimum Gasteiger partial charge on any atom is -0.479 e. The van der Waals surface area contributed by atoms with E-state index in [4.69, 9.17) is 10.2 Å². The second-order valence-electron chi connectivity index (χ2n) is 6.68. The zero-order valence-corrected chi connectivity index (χ0v) is 15.6. The number of carboxylic acids is 1. The lowest BCUT2D eigenvalue weighted by Gasteiger charge is -2.23. The number of carbonyl (C=O) groups excluding carboxylic acids is 1. The summed E-state index contributed by atoms with van der Waals surface area (Å²) in [7, 11) is 0. The van der Waals surface area contributed by atoms with Crippen molar-refractivity contribution in [3.8, 4) is 0 Å². The van der Waals surface area contributed by atoms with Crippen LogP contribution in [-0.2, 0) is 9.59 Å². The number of hydrogen-bond acceptors (Lipinski definition) is 6. The van der Waals surface area contributed by atoms with Crippen LogP contribution in [0.5, 0.6) is 0 Å². The number of aliphatic carboxylic acids is 1. The largest absolute Gasteiger partial charge is 0.479 e. The zero-order valence-electron chi connectivity index (χ0n) is 15.6. The SMILES string of the molecule is CCCCCCCCCCCCNC(=O)[C@@H](O)[C@H](O)[C@H](O)[C@@H](O)C(=O)O. The number of amides is 1. The molecule has 26 heavy (non-hydrogen) atoms. The third-order valence-corrected chi connectivity index (χ3v) is 4.35. The standard InChI is InChI=1S/C18H35NO7/c1-2-3-4-5-6-7-8-9-10-11-12-19-17(24)15(22)13(20)14(21)16(23)18(25)26/h13-16,20-23H,2-12H2,1H3,(H,19,24)(H,25,26)/t13-,14+,15+,16-/m1/s1. The molecule has 0 aliphatic rings. The van der Waals surface area contributed by atoms with Crippen molar-refractivity contribution >= 4 is 11.9 Å². The van der Waals surface area contributed by atoms with Gasteiger partial charge >= 0.3 is 5.97 Å². The van der Waals surface area contributed by atoms with Crippen LogP contribution in [0, 0.1) is 0 Å². The van der Waals surface area contributed by atoms with Crippen LogP contribution in [0.15, 0.2) is 0 Å². The molecule has 0 rings (SSSR count). The number of hydrogen-bond donors (Lipinski definition) is 6. The molecule has 4 atom stereocenters. The van der Waals surface area contributed by atoms with Gasteiger partial charge in [0.2, 0.25) is 0 Å². The quantitative estimate of drug-likeness (QED) is 0.215. The number of aliphatic hydroxyl groups is 4. The van der Waals surface area contributed by atoms with Crippen LogP contribution in [0.2, 0.25) is 0 Å². The molecule has 1 amide bonds. The third kappa shape index (κ3) is 10.7. The smallest absolute Gasteiger partial charge is 0.335 e. The van der Waals surface area contributed by atoms with Crippen LogP contribution >= 0.6 is 0 Å². The fraction of sp³-hybridized carbons (Fsp3) is 0.889. The molecule has 8 nitrogen and oxygen atoms in total. The number of carboxylic acid groups (broad SMARTS) is 1. The molecule has 0 unspecified atom stereocenters. The molecule has 0 aliphatic carbocycles. The highest BCUT2D eigenvalue weighted by Gasteiger charge is 2.37. The van der Waals surface area contributed by atoms with Gasteiger partial charge in [-0.2, -0.15) is 0 Å². The Morgan fingerprint density at radius 1 is 0.731 bits per heavy atom. The van der Waals surface area contributed by atoms with Gasteiger partial charge in [0.1, 0.15) is 12.2 Å². The Bertz CT molecular complexity index is 392. The van der Waals surface area contributed by atoms with Crippen molar-refractivity contribution in [2.75, 3.05) is 6.54 Å². The van der Waals surface area contributed by atoms with E-state index in [1.807, 2.05) is 0 Å². The summed E-state index contributed by atoms with van der Waals surface area (Å²) < 4.78 is 0. The summed E-state index contributed by atoms with van der Waals surface area (Å²) in [6.45, 7) is 2.51. The summed E-state index contributed by atoms with van der Waals surface area (Å²) in [5, 5.41) is 48.7. The van der Waals surface area contributed by atoms with Gasteiger partial charge in [0.05, 0.1) is 0 Å². The van der Waals surface area contributed by atoms with E-state index in [0.717, 1.165) is 25.7 Å². The highest BCUT2D eigenvalue weighted by molar-refractivity contribution is 5.81. The molecule has 6 N–H and O–H groups in total. The first-order chi connectivity index (χ1) is 12.3. The maximum atomic E-state index is 11.7. The first-order valence-electron chi connectivity index (χ1n) is 9.55. The van der Waals surface area contributed by atoms with E-state index in [2.05, 4.69) is 12.2 Å². The Hall–Kier alpha value is -1.22. The number of carbonyl (C=O) groups is 2. The molecule has 154 valence electrons. The molecular weight excluding hydrogens is 342 g/mol. The van der Waals surface area contributed by atoms with Crippen LogP contribution < -0.4 is 5.32 Å². The predicted octanol–water partition coefficient (Wildman–Crippen LogP) is 0.552. The Kier molecular flexibility index (Phi) is 14.2. The van der Waals surface area contributed by atoms with E-state index >= 15 is 0 Å². The highest BCUT2D eigenvalue weighted by atomic mass is 16.4. The van der Waals surface area contributed by atoms with Gasteiger partial charge in [-0.1, -0.05) is 64.7 Å². The molecule has 0 aromatic carbocycles. The molecule has 0 fully saturated rings. The molecule has 0 saturated carbocycles. The van der Waals surface area contributed by atoms with Gasteiger partial charge in [-0.25, -0.2) is 4.79 Å². The van der Waals surface area contributed by atoms with Gasteiger partial charge in [0.25, 0.3) is 5.91 Å². The van der Waals surface area contributed by atoms with Crippen molar-refractivity contribution in [3.05, 3.63) is 0 Å². The first kappa shape index (κ1) is 24.8. The van der Waals surface area contributed by atoms with E-state index in [1.165, 1.54) is 38.5 Å². The van der Waals surface area contributed by atoms with Gasteiger partial charge < -0.3 is 30.8 Å². The van der Waals surface area contributed by atoms with Crippen molar-refractivity contribution in [1.82, 2.24) is 5.32 Å². The van der Waals surface area contributed by atoms with Gasteiger partial charge in [0, 0.05) is 6.54 Å².